The first-order valence-corrected chi connectivity index (χ1v) is 6.26. The molecule has 0 amide bonds. The number of epoxide rings is 2. The summed E-state index contributed by atoms with van der Waals surface area (Å²) < 4.78 is 19.6. The second-order valence-electron chi connectivity index (χ2n) is 4.32. The predicted octanol–water partition coefficient (Wildman–Crippen LogP) is -1.16. The standard InChI is InChI=1S/C12H16O8/c13-5-3-7-11(17-7)19-9(15)1-2-10(16)20-12-8(18-12)4-6-14/h1-2,7-8,11-14H,3-6H2/b2-1+. The van der Waals surface area contributed by atoms with Crippen molar-refractivity contribution in [3.8, 4) is 0 Å². The predicted molar refractivity (Wildman–Crippen MR) is 62.1 cm³/mol. The molecule has 2 aliphatic rings. The van der Waals surface area contributed by atoms with Crippen LogP contribution in [0.3, 0.4) is 0 Å². The van der Waals surface area contributed by atoms with Gasteiger partial charge in [-0.05, 0) is 0 Å². The van der Waals surface area contributed by atoms with Crippen molar-refractivity contribution in [2.75, 3.05) is 13.2 Å². The van der Waals surface area contributed by atoms with Crippen LogP contribution in [0.15, 0.2) is 12.2 Å². The van der Waals surface area contributed by atoms with E-state index in [0.717, 1.165) is 12.2 Å². The molecule has 2 fully saturated rings. The van der Waals surface area contributed by atoms with Crippen LogP contribution in [0.25, 0.3) is 0 Å². The lowest BCUT2D eigenvalue weighted by Gasteiger charge is -1.97. The van der Waals surface area contributed by atoms with Crippen LogP contribution in [0.5, 0.6) is 0 Å². The summed E-state index contributed by atoms with van der Waals surface area (Å²) in [6.45, 7) is -0.0887. The van der Waals surface area contributed by atoms with Crippen molar-refractivity contribution in [2.45, 2.75) is 37.6 Å². The van der Waals surface area contributed by atoms with Crippen molar-refractivity contribution < 1.29 is 38.7 Å². The highest BCUT2D eigenvalue weighted by molar-refractivity contribution is 5.91. The maximum Gasteiger partial charge on any atom is 0.333 e. The number of ether oxygens (including phenoxy) is 4. The van der Waals surface area contributed by atoms with E-state index in [2.05, 4.69) is 0 Å². The first kappa shape index (κ1) is 14.9. The molecule has 2 saturated heterocycles. The number of rotatable bonds is 8. The van der Waals surface area contributed by atoms with Gasteiger partial charge in [0.2, 0.25) is 12.6 Å². The van der Waals surface area contributed by atoms with Crippen molar-refractivity contribution >= 4 is 11.9 Å². The van der Waals surface area contributed by atoms with E-state index in [0.29, 0.717) is 12.8 Å². The zero-order chi connectivity index (χ0) is 14.5. The fourth-order valence-corrected chi connectivity index (χ4v) is 1.57. The first-order chi connectivity index (χ1) is 9.63. The van der Waals surface area contributed by atoms with Crippen molar-refractivity contribution in [1.29, 1.82) is 0 Å². The fraction of sp³-hybridized carbons (Fsp3) is 0.667. The molecule has 0 spiro atoms. The smallest absolute Gasteiger partial charge is 0.333 e. The molecule has 0 saturated carbocycles. The number of hydrogen-bond acceptors (Lipinski definition) is 8. The highest BCUT2D eigenvalue weighted by Crippen LogP contribution is 2.27. The number of hydrogen-bond donors (Lipinski definition) is 2. The Labute approximate surface area is 114 Å². The minimum atomic E-state index is -0.726. The number of carbonyl (C=O) groups is 2. The second kappa shape index (κ2) is 6.80. The Kier molecular flexibility index (Phi) is 5.07. The maximum absolute atomic E-state index is 11.3. The van der Waals surface area contributed by atoms with E-state index in [4.69, 9.17) is 29.2 Å². The van der Waals surface area contributed by atoms with Gasteiger partial charge in [-0.25, -0.2) is 9.59 Å². The number of esters is 2. The Balaban J connectivity index is 1.60. The molecular formula is C12H16O8. The topological polar surface area (TPSA) is 118 Å². The van der Waals surface area contributed by atoms with E-state index in [1.165, 1.54) is 0 Å². The summed E-state index contributed by atoms with van der Waals surface area (Å²) >= 11 is 0. The van der Waals surface area contributed by atoms with Crippen molar-refractivity contribution in [1.82, 2.24) is 0 Å². The van der Waals surface area contributed by atoms with Gasteiger partial charge < -0.3 is 29.2 Å². The molecule has 0 radical (unpaired) electrons. The highest BCUT2D eigenvalue weighted by atomic mass is 16.8. The zero-order valence-corrected chi connectivity index (χ0v) is 10.6. The molecule has 0 bridgehead atoms. The minimum absolute atomic E-state index is 0.0444. The van der Waals surface area contributed by atoms with E-state index < -0.39 is 24.5 Å². The molecule has 2 N–H and O–H groups in total. The van der Waals surface area contributed by atoms with Gasteiger partial charge >= 0.3 is 11.9 Å². The van der Waals surface area contributed by atoms with Gasteiger partial charge in [-0.3, -0.25) is 0 Å². The number of carbonyl (C=O) groups excluding carboxylic acids is 2. The monoisotopic (exact) mass is 288 g/mol. The largest absolute Gasteiger partial charge is 0.430 e. The molecule has 0 aromatic heterocycles. The van der Waals surface area contributed by atoms with Gasteiger partial charge in [0.25, 0.3) is 0 Å². The van der Waals surface area contributed by atoms with Crippen molar-refractivity contribution in [3.63, 3.8) is 0 Å². The van der Waals surface area contributed by atoms with Gasteiger partial charge in [0.1, 0.15) is 12.2 Å². The summed E-state index contributed by atoms with van der Waals surface area (Å²) in [5.41, 5.74) is 0. The molecule has 2 heterocycles. The summed E-state index contributed by atoms with van der Waals surface area (Å²) in [5, 5.41) is 17.3. The minimum Gasteiger partial charge on any atom is -0.430 e. The Bertz CT molecular complexity index is 357. The molecule has 0 aromatic rings. The third kappa shape index (κ3) is 4.57. The first-order valence-electron chi connectivity index (χ1n) is 6.26. The van der Waals surface area contributed by atoms with Gasteiger partial charge in [-0.2, -0.15) is 0 Å². The van der Waals surface area contributed by atoms with Gasteiger partial charge in [0.05, 0.1) is 0 Å². The lowest BCUT2D eigenvalue weighted by molar-refractivity contribution is -0.145. The summed E-state index contributed by atoms with van der Waals surface area (Å²) in [4.78, 5) is 22.6. The van der Waals surface area contributed by atoms with Crippen LogP contribution in [0.2, 0.25) is 0 Å². The lowest BCUT2D eigenvalue weighted by atomic mass is 10.3. The molecule has 112 valence electrons. The average molecular weight is 288 g/mol. The fourth-order valence-electron chi connectivity index (χ4n) is 1.57. The Morgan fingerprint density at radius 1 is 0.900 bits per heavy atom. The van der Waals surface area contributed by atoms with Crippen LogP contribution in [0.1, 0.15) is 12.8 Å². The second-order valence-corrected chi connectivity index (χ2v) is 4.32. The van der Waals surface area contributed by atoms with Crippen LogP contribution in [0.4, 0.5) is 0 Å². The summed E-state index contributed by atoms with van der Waals surface area (Å²) in [7, 11) is 0. The van der Waals surface area contributed by atoms with E-state index in [1.807, 2.05) is 0 Å². The van der Waals surface area contributed by atoms with E-state index in [9.17, 15) is 9.59 Å². The number of aliphatic hydroxyl groups excluding tert-OH is 2. The van der Waals surface area contributed by atoms with Gasteiger partial charge in [-0.1, -0.05) is 0 Å². The molecule has 8 heteroatoms. The van der Waals surface area contributed by atoms with Crippen LogP contribution in [-0.4, -0.2) is 60.2 Å². The SMILES string of the molecule is O=C(/C=C/C(=O)OC1OC1CCO)OC1OC1CCO. The third-order valence-electron chi connectivity index (χ3n) is 2.72. The molecule has 0 aliphatic carbocycles. The van der Waals surface area contributed by atoms with Crippen molar-refractivity contribution in [3.05, 3.63) is 12.2 Å². The van der Waals surface area contributed by atoms with Gasteiger partial charge in [-0.15, -0.1) is 0 Å². The Morgan fingerprint density at radius 3 is 1.65 bits per heavy atom. The normalized spacial score (nSPS) is 31.1. The van der Waals surface area contributed by atoms with Crippen LogP contribution in [-0.2, 0) is 28.5 Å². The van der Waals surface area contributed by atoms with Crippen LogP contribution < -0.4 is 0 Å². The Hall–Kier alpha value is -1.48. The molecule has 8 nitrogen and oxygen atoms in total. The maximum atomic E-state index is 11.3. The van der Waals surface area contributed by atoms with E-state index >= 15 is 0 Å². The molecule has 4 unspecified atom stereocenters. The highest BCUT2D eigenvalue weighted by Gasteiger charge is 2.42. The van der Waals surface area contributed by atoms with Gasteiger partial charge in [0, 0.05) is 38.2 Å². The molecule has 2 rings (SSSR count). The molecule has 4 atom stereocenters. The zero-order valence-electron chi connectivity index (χ0n) is 10.6. The summed E-state index contributed by atoms with van der Waals surface area (Å²) in [5.74, 6) is -1.45. The quantitative estimate of drug-likeness (QED) is 0.326. The molecule has 2 aliphatic heterocycles. The summed E-state index contributed by atoms with van der Waals surface area (Å²) in [6, 6.07) is 0. The van der Waals surface area contributed by atoms with E-state index in [-0.39, 0.29) is 25.4 Å². The third-order valence-corrected chi connectivity index (χ3v) is 2.72. The number of aliphatic hydroxyl groups is 2. The molecule has 0 aromatic carbocycles. The summed E-state index contributed by atoms with van der Waals surface area (Å²) in [6.07, 6.45) is 0.801. The van der Waals surface area contributed by atoms with Crippen molar-refractivity contribution in [2.24, 2.45) is 0 Å². The molecule has 20 heavy (non-hydrogen) atoms. The molecular weight excluding hydrogens is 272 g/mol. The Morgan fingerprint density at radius 2 is 1.30 bits per heavy atom. The van der Waals surface area contributed by atoms with Crippen LogP contribution in [0, 0.1) is 0 Å². The lowest BCUT2D eigenvalue weighted by Crippen LogP contribution is -2.10. The van der Waals surface area contributed by atoms with E-state index in [1.54, 1.807) is 0 Å². The average Bonchev–Trinajstić information content (AvgIpc) is 3.29. The van der Waals surface area contributed by atoms with Gasteiger partial charge in [0.15, 0.2) is 0 Å². The van der Waals surface area contributed by atoms with Crippen LogP contribution >= 0.6 is 0 Å².